The Morgan fingerprint density at radius 2 is 1.65 bits per heavy atom. The highest BCUT2D eigenvalue weighted by Crippen LogP contribution is 2.20. The predicted octanol–water partition coefficient (Wildman–Crippen LogP) is 2.84. The van der Waals surface area contributed by atoms with Crippen molar-refractivity contribution in [3.8, 4) is 0 Å². The number of hydrogen-bond acceptors (Lipinski definition) is 2. The lowest BCUT2D eigenvalue weighted by molar-refractivity contribution is -0.147. The molecule has 0 fully saturated rings. The maximum Gasteiger partial charge on any atom is 0.309 e. The highest BCUT2D eigenvalue weighted by atomic mass is 16.4. The van der Waals surface area contributed by atoms with Crippen LogP contribution in [0.3, 0.4) is 0 Å². The second-order valence-corrected chi connectivity index (χ2v) is 5.97. The van der Waals surface area contributed by atoms with Crippen LogP contribution >= 0.6 is 0 Å². The van der Waals surface area contributed by atoms with Crippen molar-refractivity contribution in [2.75, 3.05) is 6.54 Å². The molecule has 0 aliphatic rings. The second-order valence-electron chi connectivity index (χ2n) is 5.97. The number of hydrogen-bond donors (Lipinski definition) is 2. The number of carboxylic acid groups (broad SMARTS) is 1. The van der Waals surface area contributed by atoms with Crippen LogP contribution in [0.4, 0.5) is 0 Å². The normalized spacial score (nSPS) is 11.2. The van der Waals surface area contributed by atoms with Gasteiger partial charge in [-0.2, -0.15) is 0 Å². The van der Waals surface area contributed by atoms with Gasteiger partial charge in [-0.05, 0) is 52.2 Å². The minimum absolute atomic E-state index is 0.138. The number of carbonyl (C=O) groups is 2. The van der Waals surface area contributed by atoms with Gasteiger partial charge in [-0.1, -0.05) is 17.7 Å². The maximum atomic E-state index is 12.2. The number of carbonyl (C=O) groups excluding carboxylic acids is 1. The minimum Gasteiger partial charge on any atom is -0.481 e. The van der Waals surface area contributed by atoms with Crippen molar-refractivity contribution in [2.24, 2.45) is 5.41 Å². The lowest BCUT2D eigenvalue weighted by Crippen LogP contribution is -2.32. The molecule has 0 aromatic heterocycles. The maximum absolute atomic E-state index is 12.2. The van der Waals surface area contributed by atoms with Crippen LogP contribution < -0.4 is 5.32 Å². The van der Waals surface area contributed by atoms with Crippen LogP contribution in [0.25, 0.3) is 0 Å². The Bertz CT molecular complexity index is 510. The molecule has 0 aliphatic carbocycles. The van der Waals surface area contributed by atoms with Crippen LogP contribution in [0.1, 0.15) is 47.3 Å². The van der Waals surface area contributed by atoms with E-state index in [1.54, 1.807) is 13.8 Å². The molecule has 2 N–H and O–H groups in total. The molecule has 1 aromatic carbocycles. The molecule has 20 heavy (non-hydrogen) atoms. The summed E-state index contributed by atoms with van der Waals surface area (Å²) in [6.45, 7) is 9.49. The van der Waals surface area contributed by atoms with Crippen LogP contribution in [0, 0.1) is 26.2 Å². The van der Waals surface area contributed by atoms with E-state index >= 15 is 0 Å². The molecule has 0 aliphatic heterocycles. The monoisotopic (exact) mass is 277 g/mol. The van der Waals surface area contributed by atoms with Gasteiger partial charge in [-0.25, -0.2) is 0 Å². The van der Waals surface area contributed by atoms with E-state index in [0.717, 1.165) is 16.7 Å². The van der Waals surface area contributed by atoms with E-state index in [9.17, 15) is 9.59 Å². The third-order valence-electron chi connectivity index (χ3n) is 3.52. The zero-order chi connectivity index (χ0) is 15.5. The molecule has 4 heteroatoms. The van der Waals surface area contributed by atoms with Gasteiger partial charge in [0.25, 0.3) is 5.91 Å². The Hall–Kier alpha value is -1.84. The number of aryl methyl sites for hydroxylation is 3. The van der Waals surface area contributed by atoms with Crippen LogP contribution in [-0.4, -0.2) is 23.5 Å². The number of benzene rings is 1. The van der Waals surface area contributed by atoms with Gasteiger partial charge < -0.3 is 10.4 Å². The Morgan fingerprint density at radius 3 is 2.10 bits per heavy atom. The van der Waals surface area contributed by atoms with Gasteiger partial charge in [-0.3, -0.25) is 9.59 Å². The molecular formula is C16H23NO3. The molecule has 0 spiro atoms. The lowest BCUT2D eigenvalue weighted by Gasteiger charge is -2.19. The molecule has 0 bridgehead atoms. The number of nitrogens with one attached hydrogen (secondary N) is 1. The van der Waals surface area contributed by atoms with Crippen LogP contribution in [0.15, 0.2) is 12.1 Å². The van der Waals surface area contributed by atoms with Gasteiger partial charge in [0.05, 0.1) is 5.41 Å². The van der Waals surface area contributed by atoms with Gasteiger partial charge in [0.1, 0.15) is 0 Å². The molecule has 0 radical (unpaired) electrons. The molecule has 0 saturated heterocycles. The molecule has 1 rings (SSSR count). The Labute approximate surface area is 120 Å². The zero-order valence-electron chi connectivity index (χ0n) is 12.8. The number of carboxylic acids is 1. The first kappa shape index (κ1) is 16.2. The fourth-order valence-corrected chi connectivity index (χ4v) is 2.22. The number of aliphatic carboxylic acids is 1. The van der Waals surface area contributed by atoms with Crippen LogP contribution in [0.5, 0.6) is 0 Å². The summed E-state index contributed by atoms with van der Waals surface area (Å²) in [5, 5.41) is 11.8. The van der Waals surface area contributed by atoms with E-state index in [1.807, 2.05) is 32.9 Å². The van der Waals surface area contributed by atoms with Crippen LogP contribution in [0.2, 0.25) is 0 Å². The van der Waals surface area contributed by atoms with Crippen molar-refractivity contribution in [1.29, 1.82) is 0 Å². The summed E-state index contributed by atoms with van der Waals surface area (Å²) < 4.78 is 0. The standard InChI is InChI=1S/C16H23NO3/c1-10-8-11(2)13(12(3)9-10)14(18)17-7-6-16(4,5)15(19)20/h8-9H,6-7H2,1-5H3,(H,17,18)(H,19,20). The summed E-state index contributed by atoms with van der Waals surface area (Å²) in [4.78, 5) is 23.2. The van der Waals surface area contributed by atoms with E-state index in [1.165, 1.54) is 0 Å². The SMILES string of the molecule is Cc1cc(C)c(C(=O)NCCC(C)(C)C(=O)O)c(C)c1. The van der Waals surface area contributed by atoms with Crippen molar-refractivity contribution in [2.45, 2.75) is 41.0 Å². The van der Waals surface area contributed by atoms with Crippen molar-refractivity contribution < 1.29 is 14.7 Å². The first-order valence-corrected chi connectivity index (χ1v) is 6.74. The van der Waals surface area contributed by atoms with E-state index in [4.69, 9.17) is 5.11 Å². The van der Waals surface area contributed by atoms with Gasteiger partial charge in [0.2, 0.25) is 0 Å². The molecule has 1 aromatic rings. The molecule has 0 atom stereocenters. The number of rotatable bonds is 5. The third kappa shape index (κ3) is 3.83. The van der Waals surface area contributed by atoms with Gasteiger partial charge >= 0.3 is 5.97 Å². The topological polar surface area (TPSA) is 66.4 Å². The largest absolute Gasteiger partial charge is 0.481 e. The van der Waals surface area contributed by atoms with Gasteiger partial charge in [0, 0.05) is 12.1 Å². The molecule has 4 nitrogen and oxygen atoms in total. The minimum atomic E-state index is -0.852. The summed E-state index contributed by atoms with van der Waals surface area (Å²) in [7, 11) is 0. The summed E-state index contributed by atoms with van der Waals surface area (Å²) >= 11 is 0. The summed E-state index contributed by atoms with van der Waals surface area (Å²) in [5.41, 5.74) is 2.87. The highest BCUT2D eigenvalue weighted by molar-refractivity contribution is 5.97. The first-order valence-electron chi connectivity index (χ1n) is 6.74. The first-order chi connectivity index (χ1) is 9.15. The van der Waals surface area contributed by atoms with Crippen molar-refractivity contribution in [3.63, 3.8) is 0 Å². The average Bonchev–Trinajstić information content (AvgIpc) is 2.26. The fraction of sp³-hybridized carbons (Fsp3) is 0.500. The third-order valence-corrected chi connectivity index (χ3v) is 3.52. The quantitative estimate of drug-likeness (QED) is 0.869. The molecular weight excluding hydrogens is 254 g/mol. The van der Waals surface area contributed by atoms with Gasteiger partial charge in [0.15, 0.2) is 0 Å². The summed E-state index contributed by atoms with van der Waals surface area (Å²) in [6.07, 6.45) is 0.401. The van der Waals surface area contributed by atoms with E-state index in [-0.39, 0.29) is 5.91 Å². The Balaban J connectivity index is 2.72. The fourth-order valence-electron chi connectivity index (χ4n) is 2.22. The predicted molar refractivity (Wildman–Crippen MR) is 79.0 cm³/mol. The summed E-state index contributed by atoms with van der Waals surface area (Å²) in [5.74, 6) is -0.990. The lowest BCUT2D eigenvalue weighted by atomic mass is 9.89. The zero-order valence-corrected chi connectivity index (χ0v) is 12.8. The van der Waals surface area contributed by atoms with Crippen molar-refractivity contribution in [3.05, 3.63) is 34.4 Å². The van der Waals surface area contributed by atoms with Crippen molar-refractivity contribution >= 4 is 11.9 Å². The number of amides is 1. The second kappa shape index (κ2) is 6.07. The Morgan fingerprint density at radius 1 is 1.15 bits per heavy atom. The highest BCUT2D eigenvalue weighted by Gasteiger charge is 2.26. The molecule has 1 amide bonds. The molecule has 110 valence electrons. The van der Waals surface area contributed by atoms with Crippen LogP contribution in [-0.2, 0) is 4.79 Å². The van der Waals surface area contributed by atoms with E-state index in [2.05, 4.69) is 5.32 Å². The average molecular weight is 277 g/mol. The molecule has 0 unspecified atom stereocenters. The van der Waals surface area contributed by atoms with Crippen molar-refractivity contribution in [1.82, 2.24) is 5.32 Å². The van der Waals surface area contributed by atoms with E-state index in [0.29, 0.717) is 18.5 Å². The van der Waals surface area contributed by atoms with E-state index < -0.39 is 11.4 Å². The summed E-state index contributed by atoms with van der Waals surface area (Å²) in [6, 6.07) is 3.95. The molecule has 0 saturated carbocycles. The van der Waals surface area contributed by atoms with Gasteiger partial charge in [-0.15, -0.1) is 0 Å². The molecule has 0 heterocycles. The smallest absolute Gasteiger partial charge is 0.309 e. The Kier molecular flexibility index (Phi) is 4.93.